The molecular formula is C21H32N6O. The van der Waals surface area contributed by atoms with Crippen LogP contribution in [0, 0.1) is 26.7 Å². The number of hydrogen-bond donors (Lipinski definition) is 0. The fraction of sp³-hybridized carbons (Fsp3) is 0.714. The number of hydrogen-bond acceptors (Lipinski definition) is 4. The van der Waals surface area contributed by atoms with E-state index in [1.165, 1.54) is 18.4 Å². The van der Waals surface area contributed by atoms with Crippen molar-refractivity contribution in [2.45, 2.75) is 85.4 Å². The highest BCUT2D eigenvalue weighted by Gasteiger charge is 2.36. The molecule has 1 aliphatic carbocycles. The summed E-state index contributed by atoms with van der Waals surface area (Å²) in [6, 6.07) is 0.0310. The van der Waals surface area contributed by atoms with Crippen LogP contribution in [0.4, 0.5) is 0 Å². The minimum Gasteiger partial charge on any atom is -0.331 e. The Morgan fingerprint density at radius 1 is 1.14 bits per heavy atom. The number of rotatable bonds is 6. The first kappa shape index (κ1) is 19.2. The Labute approximate surface area is 167 Å². The molecule has 7 heteroatoms. The largest absolute Gasteiger partial charge is 0.331 e. The fourth-order valence-electron chi connectivity index (χ4n) is 4.12. The first-order valence-corrected chi connectivity index (χ1v) is 10.6. The van der Waals surface area contributed by atoms with Gasteiger partial charge in [0.15, 0.2) is 5.82 Å². The number of aryl methyl sites for hydroxylation is 2. The molecule has 2 aliphatic rings. The third kappa shape index (κ3) is 3.59. The van der Waals surface area contributed by atoms with Crippen LogP contribution in [0.2, 0.25) is 0 Å². The van der Waals surface area contributed by atoms with Crippen molar-refractivity contribution in [2.75, 3.05) is 6.54 Å². The number of carbonyl (C=O) groups excluding carboxylic acids is 1. The van der Waals surface area contributed by atoms with Gasteiger partial charge in [0.25, 0.3) is 0 Å². The quantitative estimate of drug-likeness (QED) is 0.766. The molecule has 0 saturated heterocycles. The van der Waals surface area contributed by atoms with Crippen LogP contribution in [0.1, 0.15) is 80.1 Å². The molecule has 2 aromatic rings. The van der Waals surface area contributed by atoms with Gasteiger partial charge >= 0.3 is 0 Å². The predicted octanol–water partition coefficient (Wildman–Crippen LogP) is 3.30. The lowest BCUT2D eigenvalue weighted by Gasteiger charge is -2.36. The van der Waals surface area contributed by atoms with Crippen LogP contribution in [0.25, 0.3) is 0 Å². The molecule has 0 N–H and O–H groups in total. The second-order valence-electron chi connectivity index (χ2n) is 8.83. The van der Waals surface area contributed by atoms with E-state index in [0.29, 0.717) is 31.3 Å². The van der Waals surface area contributed by atoms with E-state index in [1.54, 1.807) is 0 Å². The van der Waals surface area contributed by atoms with E-state index in [9.17, 15) is 4.79 Å². The van der Waals surface area contributed by atoms with E-state index in [4.69, 9.17) is 10.1 Å². The van der Waals surface area contributed by atoms with Gasteiger partial charge in [-0.15, -0.1) is 0 Å². The van der Waals surface area contributed by atoms with Gasteiger partial charge in [-0.1, -0.05) is 13.8 Å². The molecule has 4 rings (SSSR count). The smallest absolute Gasteiger partial charge is 0.225 e. The van der Waals surface area contributed by atoms with Gasteiger partial charge in [-0.3, -0.25) is 9.48 Å². The standard InChI is InChI=1S/C21H32N6O/c1-13(2)12-18-21-22-20(17-6-7-17)24-27(21)11-10-25(18)19(28)8-9-26-16(5)14(3)15(4)23-26/h13,17-18H,6-12H2,1-5H3/t18-/m0/s1. The van der Waals surface area contributed by atoms with Gasteiger partial charge in [-0.05, 0) is 51.5 Å². The first-order chi connectivity index (χ1) is 13.3. The predicted molar refractivity (Wildman–Crippen MR) is 107 cm³/mol. The number of fused-ring (bicyclic) bond motifs is 1. The second-order valence-corrected chi connectivity index (χ2v) is 8.83. The van der Waals surface area contributed by atoms with Crippen LogP contribution in [0.3, 0.4) is 0 Å². The number of amides is 1. The normalized spacial score (nSPS) is 19.4. The van der Waals surface area contributed by atoms with Gasteiger partial charge in [0.1, 0.15) is 5.82 Å². The summed E-state index contributed by atoms with van der Waals surface area (Å²) in [7, 11) is 0. The Bertz CT molecular complexity index is 876. The summed E-state index contributed by atoms with van der Waals surface area (Å²) >= 11 is 0. The van der Waals surface area contributed by atoms with Crippen molar-refractivity contribution in [3.8, 4) is 0 Å². The zero-order valence-electron chi connectivity index (χ0n) is 17.8. The van der Waals surface area contributed by atoms with Gasteiger partial charge < -0.3 is 4.90 Å². The highest BCUT2D eigenvalue weighted by atomic mass is 16.2. The molecule has 1 fully saturated rings. The Kier molecular flexibility index (Phi) is 5.02. The Morgan fingerprint density at radius 3 is 2.50 bits per heavy atom. The fourth-order valence-corrected chi connectivity index (χ4v) is 4.12. The number of nitrogens with zero attached hydrogens (tertiary/aromatic N) is 6. The van der Waals surface area contributed by atoms with Gasteiger partial charge in [0.05, 0.1) is 18.3 Å². The van der Waals surface area contributed by atoms with Crippen LogP contribution in [0.5, 0.6) is 0 Å². The van der Waals surface area contributed by atoms with Gasteiger partial charge in [-0.2, -0.15) is 10.2 Å². The van der Waals surface area contributed by atoms with Crippen LogP contribution >= 0.6 is 0 Å². The maximum atomic E-state index is 13.2. The van der Waals surface area contributed by atoms with Crippen molar-refractivity contribution < 1.29 is 4.79 Å². The van der Waals surface area contributed by atoms with Gasteiger partial charge in [0.2, 0.25) is 5.91 Å². The molecule has 28 heavy (non-hydrogen) atoms. The number of aromatic nitrogens is 5. The van der Waals surface area contributed by atoms with Crippen molar-refractivity contribution in [3.63, 3.8) is 0 Å². The second kappa shape index (κ2) is 7.33. The third-order valence-corrected chi connectivity index (χ3v) is 6.18. The zero-order chi connectivity index (χ0) is 20.0. The summed E-state index contributed by atoms with van der Waals surface area (Å²) in [4.78, 5) is 20.1. The molecule has 0 bridgehead atoms. The SMILES string of the molecule is Cc1nn(CCC(=O)N2CCn3nc(C4CC4)nc3[C@@H]2CC(C)C)c(C)c1C. The molecule has 3 heterocycles. The lowest BCUT2D eigenvalue weighted by atomic mass is 10.00. The van der Waals surface area contributed by atoms with Gasteiger partial charge in [-0.25, -0.2) is 9.67 Å². The molecule has 7 nitrogen and oxygen atoms in total. The van der Waals surface area contributed by atoms with Crippen LogP contribution in [-0.4, -0.2) is 41.9 Å². The van der Waals surface area contributed by atoms with Gasteiger partial charge in [0, 0.05) is 31.1 Å². The van der Waals surface area contributed by atoms with E-state index in [1.807, 2.05) is 16.5 Å². The third-order valence-electron chi connectivity index (χ3n) is 6.18. The Hall–Kier alpha value is -2.18. The van der Waals surface area contributed by atoms with E-state index >= 15 is 0 Å². The summed E-state index contributed by atoms with van der Waals surface area (Å²) in [5.74, 6) is 3.19. The summed E-state index contributed by atoms with van der Waals surface area (Å²) in [5.41, 5.74) is 3.40. The minimum absolute atomic E-state index is 0.0310. The zero-order valence-corrected chi connectivity index (χ0v) is 17.8. The number of carbonyl (C=O) groups is 1. The van der Waals surface area contributed by atoms with Crippen LogP contribution in [0.15, 0.2) is 0 Å². The summed E-state index contributed by atoms with van der Waals surface area (Å²) in [6.45, 7) is 12.7. The van der Waals surface area contributed by atoms with Crippen molar-refractivity contribution in [1.29, 1.82) is 0 Å². The topological polar surface area (TPSA) is 68.8 Å². The average molecular weight is 385 g/mol. The molecule has 1 aliphatic heterocycles. The first-order valence-electron chi connectivity index (χ1n) is 10.6. The van der Waals surface area contributed by atoms with E-state index in [2.05, 4.69) is 37.5 Å². The molecular weight excluding hydrogens is 352 g/mol. The summed E-state index contributed by atoms with van der Waals surface area (Å²) in [6.07, 6.45) is 3.79. The van der Waals surface area contributed by atoms with Crippen molar-refractivity contribution in [1.82, 2.24) is 29.4 Å². The van der Waals surface area contributed by atoms with E-state index in [-0.39, 0.29) is 11.9 Å². The molecule has 152 valence electrons. The molecule has 2 aromatic heterocycles. The molecule has 0 spiro atoms. The molecule has 1 saturated carbocycles. The van der Waals surface area contributed by atoms with Crippen molar-refractivity contribution >= 4 is 5.91 Å². The highest BCUT2D eigenvalue weighted by Crippen LogP contribution is 2.40. The summed E-state index contributed by atoms with van der Waals surface area (Å²) in [5, 5.41) is 9.31. The highest BCUT2D eigenvalue weighted by molar-refractivity contribution is 5.76. The molecule has 0 radical (unpaired) electrons. The molecule has 1 amide bonds. The van der Waals surface area contributed by atoms with Crippen LogP contribution < -0.4 is 0 Å². The van der Waals surface area contributed by atoms with Crippen molar-refractivity contribution in [2.24, 2.45) is 5.92 Å². The average Bonchev–Trinajstić information content (AvgIpc) is 3.36. The maximum absolute atomic E-state index is 13.2. The maximum Gasteiger partial charge on any atom is 0.225 e. The van der Waals surface area contributed by atoms with Crippen LogP contribution in [-0.2, 0) is 17.9 Å². The van der Waals surface area contributed by atoms with E-state index < -0.39 is 0 Å². The Morgan fingerprint density at radius 2 is 1.89 bits per heavy atom. The molecule has 1 atom stereocenters. The van der Waals surface area contributed by atoms with E-state index in [0.717, 1.165) is 36.0 Å². The Balaban J connectivity index is 1.51. The molecule has 0 unspecified atom stereocenters. The monoisotopic (exact) mass is 384 g/mol. The van der Waals surface area contributed by atoms with Crippen molar-refractivity contribution in [3.05, 3.63) is 28.6 Å². The molecule has 0 aromatic carbocycles. The lowest BCUT2D eigenvalue weighted by Crippen LogP contribution is -2.43. The lowest BCUT2D eigenvalue weighted by molar-refractivity contribution is -0.135. The minimum atomic E-state index is 0.0310. The summed E-state index contributed by atoms with van der Waals surface area (Å²) < 4.78 is 4.02.